The molecule has 34 heavy (non-hydrogen) atoms. The minimum Gasteiger partial charge on any atom is -0.335 e. The maximum Gasteiger partial charge on any atom is 0.253 e. The lowest BCUT2D eigenvalue weighted by molar-refractivity contribution is 0.0886. The SMILES string of the molecule is Cn1cc(S(=O)(=O)C(NC(=O)c2ccc(Cl)cc2Cl)C2(Cc3ccccn3)CCNCC2)cn1. The number of hydrogen-bond donors (Lipinski definition) is 2. The predicted molar refractivity (Wildman–Crippen MR) is 131 cm³/mol. The van der Waals surface area contributed by atoms with E-state index in [2.05, 4.69) is 20.7 Å². The highest BCUT2D eigenvalue weighted by Crippen LogP contribution is 2.41. The number of aromatic nitrogens is 3. The lowest BCUT2D eigenvalue weighted by Gasteiger charge is -2.43. The molecular formula is C23H25Cl2N5O3S. The Labute approximate surface area is 208 Å². The van der Waals surface area contributed by atoms with Crippen LogP contribution in [0.25, 0.3) is 0 Å². The summed E-state index contributed by atoms with van der Waals surface area (Å²) in [5.74, 6) is -0.585. The van der Waals surface area contributed by atoms with E-state index in [4.69, 9.17) is 23.2 Å². The fourth-order valence-corrected chi connectivity index (χ4v) is 6.93. The first-order valence-electron chi connectivity index (χ1n) is 10.8. The Kier molecular flexibility index (Phi) is 7.28. The molecule has 0 aliphatic carbocycles. The number of benzene rings is 1. The molecule has 8 nitrogen and oxygen atoms in total. The summed E-state index contributed by atoms with van der Waals surface area (Å²) in [6.07, 6.45) is 5.87. The van der Waals surface area contributed by atoms with Crippen LogP contribution in [0.3, 0.4) is 0 Å². The van der Waals surface area contributed by atoms with Crippen molar-refractivity contribution in [2.75, 3.05) is 13.1 Å². The van der Waals surface area contributed by atoms with Crippen molar-refractivity contribution in [3.8, 4) is 0 Å². The van der Waals surface area contributed by atoms with Crippen LogP contribution in [0.5, 0.6) is 0 Å². The molecule has 1 aromatic carbocycles. The van der Waals surface area contributed by atoms with E-state index in [0.29, 0.717) is 37.4 Å². The van der Waals surface area contributed by atoms with Crippen molar-refractivity contribution < 1.29 is 13.2 Å². The number of nitrogens with zero attached hydrogens (tertiary/aromatic N) is 3. The fraction of sp³-hybridized carbons (Fsp3) is 0.348. The van der Waals surface area contributed by atoms with Gasteiger partial charge in [-0.1, -0.05) is 29.3 Å². The van der Waals surface area contributed by atoms with Gasteiger partial charge >= 0.3 is 0 Å². The minimum atomic E-state index is -4.02. The van der Waals surface area contributed by atoms with Crippen LogP contribution in [0.2, 0.25) is 10.0 Å². The number of carbonyl (C=O) groups excluding carboxylic acids is 1. The van der Waals surface area contributed by atoms with Crippen molar-refractivity contribution in [3.63, 3.8) is 0 Å². The van der Waals surface area contributed by atoms with Gasteiger partial charge in [-0.25, -0.2) is 8.42 Å². The van der Waals surface area contributed by atoms with Gasteiger partial charge in [0.2, 0.25) is 9.84 Å². The van der Waals surface area contributed by atoms with Crippen LogP contribution in [0, 0.1) is 5.41 Å². The van der Waals surface area contributed by atoms with Crippen LogP contribution < -0.4 is 10.6 Å². The van der Waals surface area contributed by atoms with E-state index in [1.807, 2.05) is 18.2 Å². The van der Waals surface area contributed by atoms with Crippen molar-refractivity contribution in [3.05, 3.63) is 76.3 Å². The van der Waals surface area contributed by atoms with Gasteiger partial charge in [-0.05, 0) is 62.7 Å². The first-order chi connectivity index (χ1) is 16.2. The molecular weight excluding hydrogens is 497 g/mol. The van der Waals surface area contributed by atoms with Crippen LogP contribution in [0.15, 0.2) is 59.9 Å². The number of aryl methyl sites for hydroxylation is 1. The highest BCUT2D eigenvalue weighted by Gasteiger charge is 2.49. The summed E-state index contributed by atoms with van der Waals surface area (Å²) in [5.41, 5.74) is 0.108. The molecule has 1 fully saturated rings. The van der Waals surface area contributed by atoms with E-state index in [1.54, 1.807) is 19.3 Å². The molecule has 3 heterocycles. The Morgan fingerprint density at radius 1 is 1.24 bits per heavy atom. The molecule has 1 aliphatic heterocycles. The maximum atomic E-state index is 14.0. The lowest BCUT2D eigenvalue weighted by Crippen LogP contribution is -2.57. The second-order valence-electron chi connectivity index (χ2n) is 8.48. The Morgan fingerprint density at radius 3 is 2.62 bits per heavy atom. The molecule has 2 N–H and O–H groups in total. The second-order valence-corrected chi connectivity index (χ2v) is 11.4. The van der Waals surface area contributed by atoms with E-state index >= 15 is 0 Å². The molecule has 1 aliphatic rings. The molecule has 1 saturated heterocycles. The van der Waals surface area contributed by atoms with Crippen molar-refractivity contribution in [2.45, 2.75) is 29.5 Å². The molecule has 0 bridgehead atoms. The molecule has 4 rings (SSSR count). The van der Waals surface area contributed by atoms with Crippen LogP contribution in [-0.2, 0) is 23.3 Å². The first-order valence-corrected chi connectivity index (χ1v) is 13.1. The number of halogens is 2. The summed E-state index contributed by atoms with van der Waals surface area (Å²) in [6, 6.07) is 10.0. The van der Waals surface area contributed by atoms with Gasteiger partial charge in [-0.3, -0.25) is 14.5 Å². The Hall–Kier alpha value is -2.46. The fourth-order valence-electron chi connectivity index (χ4n) is 4.43. The molecule has 0 spiro atoms. The summed E-state index contributed by atoms with van der Waals surface area (Å²) in [5, 5.41) is 9.46. The van der Waals surface area contributed by atoms with Gasteiger partial charge in [0.05, 0.1) is 16.8 Å². The molecule has 2 aromatic heterocycles. The first kappa shape index (κ1) is 24.7. The number of carbonyl (C=O) groups is 1. The highest BCUT2D eigenvalue weighted by molar-refractivity contribution is 7.92. The lowest BCUT2D eigenvalue weighted by atomic mass is 9.74. The zero-order valence-electron chi connectivity index (χ0n) is 18.5. The zero-order valence-corrected chi connectivity index (χ0v) is 20.9. The summed E-state index contributed by atoms with van der Waals surface area (Å²) in [4.78, 5) is 17.8. The zero-order chi connectivity index (χ0) is 24.3. The van der Waals surface area contributed by atoms with Crippen molar-refractivity contribution in [1.29, 1.82) is 0 Å². The molecule has 0 radical (unpaired) electrons. The Balaban J connectivity index is 1.80. The van der Waals surface area contributed by atoms with E-state index < -0.39 is 26.5 Å². The van der Waals surface area contributed by atoms with Crippen molar-refractivity contribution in [2.24, 2.45) is 12.5 Å². The van der Waals surface area contributed by atoms with Gasteiger partial charge in [0.15, 0.2) is 0 Å². The number of amides is 1. The van der Waals surface area contributed by atoms with Gasteiger partial charge in [0.1, 0.15) is 10.3 Å². The number of rotatable bonds is 7. The summed E-state index contributed by atoms with van der Waals surface area (Å²) >= 11 is 12.2. The van der Waals surface area contributed by atoms with E-state index in [1.165, 1.54) is 29.2 Å². The quantitative estimate of drug-likeness (QED) is 0.494. The third kappa shape index (κ3) is 5.12. The highest BCUT2D eigenvalue weighted by atomic mass is 35.5. The number of hydrogen-bond acceptors (Lipinski definition) is 6. The maximum absolute atomic E-state index is 14.0. The molecule has 1 unspecified atom stereocenters. The number of nitrogens with one attached hydrogen (secondary N) is 2. The van der Waals surface area contributed by atoms with Gasteiger partial charge < -0.3 is 10.6 Å². The third-order valence-electron chi connectivity index (χ3n) is 6.17. The smallest absolute Gasteiger partial charge is 0.253 e. The summed E-state index contributed by atoms with van der Waals surface area (Å²) < 4.78 is 29.4. The standard InChI is InChI=1S/C23H25Cl2N5O3S/c1-30-15-18(14-28-30)34(32,33)22(29-21(31)19-6-5-16(24)12-20(19)25)23(7-10-26-11-8-23)13-17-4-2-3-9-27-17/h2-6,9,12,14-15,22,26H,7-8,10-11,13H2,1H3,(H,29,31). The Bertz CT molecular complexity index is 1270. The number of pyridine rings is 1. The van der Waals surface area contributed by atoms with Crippen LogP contribution >= 0.6 is 23.2 Å². The van der Waals surface area contributed by atoms with Crippen molar-refractivity contribution >= 4 is 38.9 Å². The largest absolute Gasteiger partial charge is 0.335 e. The van der Waals surface area contributed by atoms with E-state index in [9.17, 15) is 13.2 Å². The topological polar surface area (TPSA) is 106 Å². The molecule has 180 valence electrons. The van der Waals surface area contributed by atoms with Gasteiger partial charge in [0.25, 0.3) is 5.91 Å². The van der Waals surface area contributed by atoms with Gasteiger partial charge in [-0.15, -0.1) is 0 Å². The molecule has 0 saturated carbocycles. The average molecular weight is 522 g/mol. The van der Waals surface area contributed by atoms with Crippen LogP contribution in [0.1, 0.15) is 28.9 Å². The van der Waals surface area contributed by atoms with E-state index in [0.717, 1.165) is 5.69 Å². The normalized spacial score (nSPS) is 16.7. The molecule has 3 aromatic rings. The van der Waals surface area contributed by atoms with Gasteiger partial charge in [0, 0.05) is 35.6 Å². The van der Waals surface area contributed by atoms with E-state index in [-0.39, 0.29) is 15.5 Å². The van der Waals surface area contributed by atoms with Crippen molar-refractivity contribution in [1.82, 2.24) is 25.4 Å². The summed E-state index contributed by atoms with van der Waals surface area (Å²) in [7, 11) is -2.38. The molecule has 11 heteroatoms. The molecule has 1 amide bonds. The second kappa shape index (κ2) is 10.0. The van der Waals surface area contributed by atoms with Crippen LogP contribution in [-0.4, -0.2) is 47.6 Å². The Morgan fingerprint density at radius 2 is 2.00 bits per heavy atom. The monoisotopic (exact) mass is 521 g/mol. The van der Waals surface area contributed by atoms with Crippen LogP contribution in [0.4, 0.5) is 0 Å². The molecule has 1 atom stereocenters. The number of sulfone groups is 1. The predicted octanol–water partition coefficient (Wildman–Crippen LogP) is 3.26. The summed E-state index contributed by atoms with van der Waals surface area (Å²) in [6.45, 7) is 1.23. The number of piperidine rings is 1. The minimum absolute atomic E-state index is 0.0430. The van der Waals surface area contributed by atoms with Gasteiger partial charge in [-0.2, -0.15) is 5.10 Å². The third-order valence-corrected chi connectivity index (χ3v) is 8.83. The average Bonchev–Trinajstić information content (AvgIpc) is 3.26.